The highest BCUT2D eigenvalue weighted by atomic mass is 16.2. The van der Waals surface area contributed by atoms with Gasteiger partial charge in [0.2, 0.25) is 11.8 Å². The Kier molecular flexibility index (Phi) is 4.40. The third kappa shape index (κ3) is 3.65. The molecule has 8 nitrogen and oxygen atoms in total. The van der Waals surface area contributed by atoms with Crippen LogP contribution < -0.4 is 16.4 Å². The van der Waals surface area contributed by atoms with Gasteiger partial charge in [0.25, 0.3) is 0 Å². The SMILES string of the molecule is CNC(=O)CNC(=O)Cn1cc(CN)nn1. The Bertz CT molecular complexity index is 374. The van der Waals surface area contributed by atoms with E-state index >= 15 is 0 Å². The monoisotopic (exact) mass is 226 g/mol. The zero-order chi connectivity index (χ0) is 12.0. The van der Waals surface area contributed by atoms with Crippen LogP contribution in [-0.2, 0) is 22.7 Å². The Labute approximate surface area is 92.2 Å². The summed E-state index contributed by atoms with van der Waals surface area (Å²) in [4.78, 5) is 22.2. The zero-order valence-corrected chi connectivity index (χ0v) is 8.93. The molecule has 8 heteroatoms. The van der Waals surface area contributed by atoms with Gasteiger partial charge in [-0.2, -0.15) is 0 Å². The van der Waals surface area contributed by atoms with Crippen LogP contribution in [0.2, 0.25) is 0 Å². The molecular formula is C8H14N6O2. The van der Waals surface area contributed by atoms with E-state index in [1.54, 1.807) is 6.20 Å². The van der Waals surface area contributed by atoms with E-state index in [9.17, 15) is 9.59 Å². The highest BCUT2D eigenvalue weighted by Crippen LogP contribution is 1.90. The molecule has 1 aromatic heterocycles. The molecule has 0 fully saturated rings. The minimum Gasteiger partial charge on any atom is -0.358 e. The fourth-order valence-corrected chi connectivity index (χ4v) is 0.980. The van der Waals surface area contributed by atoms with E-state index in [0.29, 0.717) is 5.69 Å². The third-order valence-electron chi connectivity index (χ3n) is 1.83. The molecule has 16 heavy (non-hydrogen) atoms. The molecule has 2 amide bonds. The third-order valence-corrected chi connectivity index (χ3v) is 1.83. The van der Waals surface area contributed by atoms with Gasteiger partial charge in [0.1, 0.15) is 6.54 Å². The summed E-state index contributed by atoms with van der Waals surface area (Å²) in [6.45, 7) is 0.248. The molecule has 0 bridgehead atoms. The van der Waals surface area contributed by atoms with E-state index < -0.39 is 0 Å². The van der Waals surface area contributed by atoms with Crippen LogP contribution in [0.3, 0.4) is 0 Å². The van der Waals surface area contributed by atoms with Crippen LogP contribution in [-0.4, -0.2) is 40.4 Å². The summed E-state index contributed by atoms with van der Waals surface area (Å²) in [6.07, 6.45) is 1.58. The van der Waals surface area contributed by atoms with Gasteiger partial charge < -0.3 is 16.4 Å². The summed E-state index contributed by atoms with van der Waals surface area (Å²) in [6, 6.07) is 0. The second kappa shape index (κ2) is 5.81. The summed E-state index contributed by atoms with van der Waals surface area (Å²) < 4.78 is 1.36. The highest BCUT2D eigenvalue weighted by Gasteiger charge is 2.06. The summed E-state index contributed by atoms with van der Waals surface area (Å²) in [5, 5.41) is 12.3. The first-order valence-electron chi connectivity index (χ1n) is 4.72. The maximum Gasteiger partial charge on any atom is 0.242 e. The van der Waals surface area contributed by atoms with E-state index in [-0.39, 0.29) is 31.4 Å². The maximum absolute atomic E-state index is 11.3. The Morgan fingerprint density at radius 3 is 2.81 bits per heavy atom. The molecule has 0 aliphatic heterocycles. The molecule has 0 spiro atoms. The average molecular weight is 226 g/mol. The van der Waals surface area contributed by atoms with Gasteiger partial charge in [0.05, 0.1) is 18.4 Å². The first kappa shape index (κ1) is 12.1. The number of aromatic nitrogens is 3. The normalized spacial score (nSPS) is 9.88. The first-order chi connectivity index (χ1) is 7.65. The molecule has 0 aliphatic carbocycles. The van der Waals surface area contributed by atoms with E-state index in [2.05, 4.69) is 20.9 Å². The molecule has 1 aromatic rings. The van der Waals surface area contributed by atoms with Crippen molar-refractivity contribution in [3.8, 4) is 0 Å². The number of nitrogens with zero attached hydrogens (tertiary/aromatic N) is 3. The lowest BCUT2D eigenvalue weighted by Gasteiger charge is -2.03. The zero-order valence-electron chi connectivity index (χ0n) is 8.93. The average Bonchev–Trinajstić information content (AvgIpc) is 2.73. The predicted molar refractivity (Wildman–Crippen MR) is 55.0 cm³/mol. The van der Waals surface area contributed by atoms with Gasteiger partial charge in [-0.05, 0) is 0 Å². The number of hydrogen-bond acceptors (Lipinski definition) is 5. The van der Waals surface area contributed by atoms with Gasteiger partial charge in [-0.25, -0.2) is 4.68 Å². The van der Waals surface area contributed by atoms with Crippen molar-refractivity contribution >= 4 is 11.8 Å². The van der Waals surface area contributed by atoms with Crippen LogP contribution in [0.5, 0.6) is 0 Å². The van der Waals surface area contributed by atoms with Crippen LogP contribution in [0.4, 0.5) is 0 Å². The number of carbonyl (C=O) groups excluding carboxylic acids is 2. The Morgan fingerprint density at radius 2 is 2.25 bits per heavy atom. The lowest BCUT2D eigenvalue weighted by Crippen LogP contribution is -2.36. The summed E-state index contributed by atoms with van der Waals surface area (Å²) >= 11 is 0. The largest absolute Gasteiger partial charge is 0.358 e. The number of hydrogen-bond donors (Lipinski definition) is 3. The van der Waals surface area contributed by atoms with Gasteiger partial charge in [-0.1, -0.05) is 5.21 Å². The lowest BCUT2D eigenvalue weighted by molar-refractivity contribution is -0.126. The molecule has 0 aromatic carbocycles. The fraction of sp³-hybridized carbons (Fsp3) is 0.500. The molecule has 1 heterocycles. The van der Waals surface area contributed by atoms with E-state index in [0.717, 1.165) is 0 Å². The number of nitrogens with two attached hydrogens (primary N) is 1. The smallest absolute Gasteiger partial charge is 0.242 e. The van der Waals surface area contributed by atoms with Crippen LogP contribution in [0, 0.1) is 0 Å². The van der Waals surface area contributed by atoms with Crippen molar-refractivity contribution in [3.63, 3.8) is 0 Å². The van der Waals surface area contributed by atoms with Gasteiger partial charge in [-0.3, -0.25) is 9.59 Å². The van der Waals surface area contributed by atoms with Gasteiger partial charge in [0, 0.05) is 13.6 Å². The fourth-order valence-electron chi connectivity index (χ4n) is 0.980. The standard InChI is InChI=1S/C8H14N6O2/c1-10-7(15)3-11-8(16)5-14-4-6(2-9)12-13-14/h4H,2-3,5,9H2,1H3,(H,10,15)(H,11,16). The van der Waals surface area contributed by atoms with Crippen molar-refractivity contribution in [1.29, 1.82) is 0 Å². The van der Waals surface area contributed by atoms with Crippen molar-refractivity contribution in [2.45, 2.75) is 13.1 Å². The second-order valence-electron chi connectivity index (χ2n) is 3.06. The number of nitrogens with one attached hydrogen (secondary N) is 2. The molecule has 1 rings (SSSR count). The minimum absolute atomic E-state index is 0.0179. The topological polar surface area (TPSA) is 115 Å². The molecule has 4 N–H and O–H groups in total. The van der Waals surface area contributed by atoms with Gasteiger partial charge in [-0.15, -0.1) is 5.10 Å². The van der Waals surface area contributed by atoms with Crippen LogP contribution in [0.25, 0.3) is 0 Å². The van der Waals surface area contributed by atoms with Crippen molar-refractivity contribution in [1.82, 2.24) is 25.6 Å². The molecular weight excluding hydrogens is 212 g/mol. The Hall–Kier alpha value is -1.96. The van der Waals surface area contributed by atoms with Gasteiger partial charge >= 0.3 is 0 Å². The Morgan fingerprint density at radius 1 is 1.50 bits per heavy atom. The van der Waals surface area contributed by atoms with Crippen molar-refractivity contribution < 1.29 is 9.59 Å². The van der Waals surface area contributed by atoms with Crippen molar-refractivity contribution in [3.05, 3.63) is 11.9 Å². The van der Waals surface area contributed by atoms with E-state index in [1.165, 1.54) is 11.7 Å². The van der Waals surface area contributed by atoms with Crippen molar-refractivity contribution in [2.75, 3.05) is 13.6 Å². The number of carbonyl (C=O) groups is 2. The first-order valence-corrected chi connectivity index (χ1v) is 4.72. The summed E-state index contributed by atoms with van der Waals surface area (Å²) in [5.41, 5.74) is 5.95. The van der Waals surface area contributed by atoms with E-state index in [1.807, 2.05) is 0 Å². The molecule has 88 valence electrons. The predicted octanol–water partition coefficient (Wildman–Crippen LogP) is -2.40. The molecule has 0 aliphatic rings. The number of likely N-dealkylation sites (N-methyl/N-ethyl adjacent to an activating group) is 1. The second-order valence-corrected chi connectivity index (χ2v) is 3.06. The number of rotatable bonds is 5. The number of amides is 2. The van der Waals surface area contributed by atoms with Crippen molar-refractivity contribution in [2.24, 2.45) is 5.73 Å². The van der Waals surface area contributed by atoms with Crippen LogP contribution in [0.15, 0.2) is 6.20 Å². The summed E-state index contributed by atoms with van der Waals surface area (Å²) in [7, 11) is 1.50. The minimum atomic E-state index is -0.308. The summed E-state index contributed by atoms with van der Waals surface area (Å²) in [5.74, 6) is -0.563. The molecule has 0 atom stereocenters. The molecule has 0 saturated heterocycles. The molecule has 0 radical (unpaired) electrons. The van der Waals surface area contributed by atoms with Crippen LogP contribution in [0.1, 0.15) is 5.69 Å². The van der Waals surface area contributed by atoms with E-state index in [4.69, 9.17) is 5.73 Å². The van der Waals surface area contributed by atoms with Gasteiger partial charge in [0.15, 0.2) is 0 Å². The molecule has 0 saturated carbocycles. The maximum atomic E-state index is 11.3. The quantitative estimate of drug-likeness (QED) is 0.517. The highest BCUT2D eigenvalue weighted by molar-refractivity contribution is 5.84. The molecule has 0 unspecified atom stereocenters. The lowest BCUT2D eigenvalue weighted by atomic mass is 10.5. The van der Waals surface area contributed by atoms with Crippen LogP contribution >= 0.6 is 0 Å². The Balaban J connectivity index is 2.36.